The second-order valence-electron chi connectivity index (χ2n) is 8.40. The summed E-state index contributed by atoms with van der Waals surface area (Å²) in [5.41, 5.74) is 5.57. The second kappa shape index (κ2) is 8.23. The highest BCUT2D eigenvalue weighted by atomic mass is 16.5. The molecule has 5 rings (SSSR count). The number of anilines is 1. The molecular weight excluding hydrogens is 392 g/mol. The fraction of sp³-hybridized carbons (Fsp3) is 0.417. The van der Waals surface area contributed by atoms with E-state index in [1.807, 2.05) is 0 Å². The molecule has 1 aromatic heterocycles. The van der Waals surface area contributed by atoms with Crippen molar-refractivity contribution >= 4 is 22.5 Å². The van der Waals surface area contributed by atoms with Gasteiger partial charge in [0.05, 0.1) is 30.0 Å². The molecule has 0 bridgehead atoms. The molecule has 2 N–H and O–H groups in total. The van der Waals surface area contributed by atoms with Crippen LogP contribution in [0, 0.1) is 0 Å². The topological polar surface area (TPSA) is 81.7 Å². The smallest absolute Gasteiger partial charge is 0.258 e. The summed E-state index contributed by atoms with van der Waals surface area (Å²) in [7, 11) is 0. The summed E-state index contributed by atoms with van der Waals surface area (Å²) in [6.45, 7) is 6.53. The van der Waals surface area contributed by atoms with E-state index in [4.69, 9.17) is 4.74 Å². The Hall–Kier alpha value is -3.06. The molecule has 0 radical (unpaired) electrons. The number of rotatable bonds is 5. The Morgan fingerprint density at radius 2 is 1.97 bits per heavy atom. The minimum absolute atomic E-state index is 0.00634. The van der Waals surface area contributed by atoms with Crippen LogP contribution in [0.25, 0.3) is 10.9 Å². The number of phenols is 1. The van der Waals surface area contributed by atoms with Crippen molar-refractivity contribution in [3.8, 4) is 5.75 Å². The lowest BCUT2D eigenvalue weighted by Gasteiger charge is -2.29. The number of fused-ring (bicyclic) bond motifs is 2. The molecule has 0 unspecified atom stereocenters. The number of nitrogens with one attached hydrogen (secondary N) is 1. The highest BCUT2D eigenvalue weighted by Gasteiger charge is 2.27. The molecule has 7 heteroatoms. The van der Waals surface area contributed by atoms with E-state index in [9.17, 15) is 9.90 Å². The number of nitrogens with zero attached hydrogens (tertiary/aromatic N) is 3. The van der Waals surface area contributed by atoms with Crippen molar-refractivity contribution in [2.75, 3.05) is 31.2 Å². The predicted molar refractivity (Wildman–Crippen MR) is 119 cm³/mol. The van der Waals surface area contributed by atoms with Crippen molar-refractivity contribution < 1.29 is 14.6 Å². The molecule has 3 aromatic rings. The fourth-order valence-corrected chi connectivity index (χ4v) is 4.53. The normalized spacial score (nSPS) is 16.2. The Kier molecular flexibility index (Phi) is 5.28. The first-order valence-electron chi connectivity index (χ1n) is 11.1. The zero-order valence-electron chi connectivity index (χ0n) is 17.9. The number of hydrogen-bond acceptors (Lipinski definition) is 5. The minimum atomic E-state index is -0.147. The number of H-pyrrole nitrogens is 1. The Morgan fingerprint density at radius 1 is 1.16 bits per heavy atom. The van der Waals surface area contributed by atoms with Gasteiger partial charge in [0.1, 0.15) is 5.75 Å². The van der Waals surface area contributed by atoms with Gasteiger partial charge in [0, 0.05) is 43.3 Å². The Balaban J connectivity index is 1.38. The van der Waals surface area contributed by atoms with Gasteiger partial charge < -0.3 is 19.6 Å². The molecular formula is C24H28N4O3. The monoisotopic (exact) mass is 420 g/mol. The lowest BCUT2D eigenvalue weighted by molar-refractivity contribution is 0.0748. The maximum Gasteiger partial charge on any atom is 0.258 e. The Bertz CT molecular complexity index is 1120. The third kappa shape index (κ3) is 3.74. The van der Waals surface area contributed by atoms with Gasteiger partial charge in [-0.3, -0.25) is 9.89 Å². The molecule has 1 saturated heterocycles. The van der Waals surface area contributed by atoms with E-state index in [2.05, 4.69) is 40.2 Å². The molecule has 0 spiro atoms. The molecule has 0 saturated carbocycles. The van der Waals surface area contributed by atoms with E-state index >= 15 is 0 Å². The summed E-state index contributed by atoms with van der Waals surface area (Å²) >= 11 is 0. The number of unbranched alkanes of at least 4 members (excludes halogenated alkanes) is 1. The van der Waals surface area contributed by atoms with E-state index in [1.54, 1.807) is 17.0 Å². The van der Waals surface area contributed by atoms with Crippen molar-refractivity contribution in [2.45, 2.75) is 39.3 Å². The Labute approximate surface area is 181 Å². The summed E-state index contributed by atoms with van der Waals surface area (Å²) in [6, 6.07) is 9.85. The first kappa shape index (κ1) is 19.9. The summed E-state index contributed by atoms with van der Waals surface area (Å²) in [6.07, 6.45) is 2.97. The molecule has 2 aliphatic rings. The number of carbonyl (C=O) groups excluding carboxylic acids is 1. The maximum atomic E-state index is 13.3. The maximum absolute atomic E-state index is 13.3. The predicted octanol–water partition coefficient (Wildman–Crippen LogP) is 3.60. The Morgan fingerprint density at radius 3 is 2.77 bits per heavy atom. The van der Waals surface area contributed by atoms with Crippen LogP contribution < -0.4 is 4.90 Å². The summed E-state index contributed by atoms with van der Waals surface area (Å²) in [4.78, 5) is 17.5. The molecule has 1 amide bonds. The van der Waals surface area contributed by atoms with Gasteiger partial charge in [0.15, 0.2) is 0 Å². The molecule has 2 aliphatic heterocycles. The zero-order valence-corrected chi connectivity index (χ0v) is 17.9. The van der Waals surface area contributed by atoms with Crippen LogP contribution in [0.1, 0.15) is 46.9 Å². The van der Waals surface area contributed by atoms with E-state index < -0.39 is 0 Å². The number of aromatic hydroxyl groups is 1. The molecule has 2 aromatic carbocycles. The van der Waals surface area contributed by atoms with Crippen LogP contribution in [-0.4, -0.2) is 52.4 Å². The van der Waals surface area contributed by atoms with Crippen molar-refractivity contribution in [1.82, 2.24) is 15.1 Å². The van der Waals surface area contributed by atoms with Crippen molar-refractivity contribution in [2.24, 2.45) is 0 Å². The number of aromatic nitrogens is 2. The highest BCUT2D eigenvalue weighted by molar-refractivity contribution is 6.01. The first-order valence-corrected chi connectivity index (χ1v) is 11.1. The van der Waals surface area contributed by atoms with Crippen molar-refractivity contribution in [1.29, 1.82) is 0 Å². The van der Waals surface area contributed by atoms with Gasteiger partial charge in [-0.25, -0.2) is 0 Å². The van der Waals surface area contributed by atoms with Crippen LogP contribution in [0.15, 0.2) is 30.3 Å². The number of aryl methyl sites for hydroxylation is 1. The molecule has 0 aliphatic carbocycles. The average Bonchev–Trinajstić information content (AvgIpc) is 3.40. The third-order valence-corrected chi connectivity index (χ3v) is 6.33. The summed E-state index contributed by atoms with van der Waals surface area (Å²) in [5.74, 6) is -0.153. The van der Waals surface area contributed by atoms with Gasteiger partial charge in [-0.2, -0.15) is 5.10 Å². The molecule has 162 valence electrons. The van der Waals surface area contributed by atoms with Crippen molar-refractivity contribution in [3.63, 3.8) is 0 Å². The first-order chi connectivity index (χ1) is 15.1. The lowest BCUT2D eigenvalue weighted by Crippen LogP contribution is -2.36. The lowest BCUT2D eigenvalue weighted by atomic mass is 10.1. The number of aromatic amines is 1. The zero-order chi connectivity index (χ0) is 21.4. The average molecular weight is 421 g/mol. The minimum Gasteiger partial charge on any atom is -0.507 e. The molecule has 1 fully saturated rings. The van der Waals surface area contributed by atoms with Crippen LogP contribution in [-0.2, 0) is 24.2 Å². The van der Waals surface area contributed by atoms with Crippen LogP contribution in [0.2, 0.25) is 0 Å². The van der Waals surface area contributed by atoms with Gasteiger partial charge in [0.2, 0.25) is 0 Å². The van der Waals surface area contributed by atoms with Gasteiger partial charge in [-0.15, -0.1) is 0 Å². The van der Waals surface area contributed by atoms with E-state index in [0.29, 0.717) is 18.7 Å². The third-order valence-electron chi connectivity index (χ3n) is 6.33. The van der Waals surface area contributed by atoms with Gasteiger partial charge in [-0.05, 0) is 42.2 Å². The number of carbonyl (C=O) groups is 1. The quantitative estimate of drug-likeness (QED) is 0.659. The van der Waals surface area contributed by atoms with E-state index in [1.165, 1.54) is 11.3 Å². The number of hydrogen-bond donors (Lipinski definition) is 2. The van der Waals surface area contributed by atoms with Gasteiger partial charge in [-0.1, -0.05) is 19.4 Å². The number of morpholine rings is 1. The van der Waals surface area contributed by atoms with Crippen LogP contribution in [0.3, 0.4) is 0 Å². The summed E-state index contributed by atoms with van der Waals surface area (Å²) in [5, 5.41) is 18.8. The van der Waals surface area contributed by atoms with Gasteiger partial charge >= 0.3 is 0 Å². The van der Waals surface area contributed by atoms with Crippen LogP contribution in [0.5, 0.6) is 5.75 Å². The van der Waals surface area contributed by atoms with Crippen molar-refractivity contribution in [3.05, 3.63) is 52.7 Å². The molecule has 7 nitrogen and oxygen atoms in total. The van der Waals surface area contributed by atoms with Crippen LogP contribution in [0.4, 0.5) is 5.69 Å². The van der Waals surface area contributed by atoms with E-state index in [-0.39, 0.29) is 11.7 Å². The number of amides is 1. The van der Waals surface area contributed by atoms with Crippen LogP contribution >= 0.6 is 0 Å². The molecule has 31 heavy (non-hydrogen) atoms. The van der Waals surface area contributed by atoms with Gasteiger partial charge in [0.25, 0.3) is 5.91 Å². The number of ether oxygens (including phenoxy) is 1. The number of benzene rings is 2. The summed E-state index contributed by atoms with van der Waals surface area (Å²) < 4.78 is 5.45. The largest absolute Gasteiger partial charge is 0.507 e. The van der Waals surface area contributed by atoms with E-state index in [0.717, 1.165) is 67.7 Å². The SMILES string of the molecule is CCCCc1n[nH]c2cc(O)c(C(=O)N3Cc4ccc(N5CCOCC5)cc4C3)cc12. The standard InChI is InChI=1S/C24H28N4O3/c1-2-3-4-21-19-12-20(23(29)13-22(19)26-25-21)24(30)28-14-16-5-6-18(11-17(16)15-28)27-7-9-31-10-8-27/h5-6,11-13,29H,2-4,7-10,14-15H2,1H3,(H,25,26). The molecule has 3 heterocycles. The second-order valence-corrected chi connectivity index (χ2v) is 8.40. The highest BCUT2D eigenvalue weighted by Crippen LogP contribution is 2.32. The molecule has 0 atom stereocenters. The number of phenolic OH excluding ortho intramolecular Hbond substituents is 1. The fourth-order valence-electron chi connectivity index (χ4n) is 4.53.